The second-order valence-electron chi connectivity index (χ2n) is 5.20. The highest BCUT2D eigenvalue weighted by Crippen LogP contribution is 2.24. The van der Waals surface area contributed by atoms with Gasteiger partial charge >= 0.3 is 0 Å². The van der Waals surface area contributed by atoms with Crippen LogP contribution in [0.5, 0.6) is 0 Å². The number of hydrogen-bond acceptors (Lipinski definition) is 5. The second-order valence-corrected chi connectivity index (χ2v) is 6.14. The topological polar surface area (TPSA) is 42.2 Å². The molecule has 5 heteroatoms. The first-order valence-corrected chi connectivity index (χ1v) is 7.77. The molecule has 0 aromatic carbocycles. The van der Waals surface area contributed by atoms with Crippen molar-refractivity contribution in [2.24, 2.45) is 0 Å². The van der Waals surface area contributed by atoms with Gasteiger partial charge in [0.2, 0.25) is 11.7 Å². The lowest BCUT2D eigenvalue weighted by Gasteiger charge is -2.29. The Labute approximate surface area is 117 Å². The average Bonchev–Trinajstić information content (AvgIpc) is 3.10. The van der Waals surface area contributed by atoms with Gasteiger partial charge in [0.15, 0.2) is 0 Å². The van der Waals surface area contributed by atoms with E-state index in [1.54, 1.807) is 11.3 Å². The third-order valence-electron chi connectivity index (χ3n) is 3.79. The number of aromatic nitrogens is 2. The average molecular weight is 277 g/mol. The van der Waals surface area contributed by atoms with Gasteiger partial charge in [-0.25, -0.2) is 0 Å². The van der Waals surface area contributed by atoms with E-state index in [0.29, 0.717) is 11.9 Å². The zero-order valence-electron chi connectivity index (χ0n) is 11.2. The van der Waals surface area contributed by atoms with E-state index in [9.17, 15) is 0 Å². The summed E-state index contributed by atoms with van der Waals surface area (Å²) in [6.07, 6.45) is 6.66. The van der Waals surface area contributed by atoms with E-state index in [1.165, 1.54) is 32.1 Å². The Kier molecular flexibility index (Phi) is 3.94. The van der Waals surface area contributed by atoms with E-state index >= 15 is 0 Å². The van der Waals surface area contributed by atoms with Crippen LogP contribution < -0.4 is 0 Å². The van der Waals surface area contributed by atoms with Crippen LogP contribution in [-0.2, 0) is 6.54 Å². The summed E-state index contributed by atoms with van der Waals surface area (Å²) < 4.78 is 5.35. The molecule has 19 heavy (non-hydrogen) atoms. The molecule has 2 aromatic rings. The Morgan fingerprint density at radius 2 is 2.21 bits per heavy atom. The minimum Gasteiger partial charge on any atom is -0.338 e. The summed E-state index contributed by atoms with van der Waals surface area (Å²) in [5.74, 6) is 1.43. The molecule has 1 fully saturated rings. The van der Waals surface area contributed by atoms with Crippen LogP contribution in [0.1, 0.15) is 38.0 Å². The highest BCUT2D eigenvalue weighted by molar-refractivity contribution is 7.13. The first-order chi connectivity index (χ1) is 9.33. The van der Waals surface area contributed by atoms with Crippen molar-refractivity contribution in [1.29, 1.82) is 0 Å². The van der Waals surface area contributed by atoms with Crippen molar-refractivity contribution < 1.29 is 4.52 Å². The molecule has 0 N–H and O–H groups in total. The molecule has 1 aliphatic carbocycles. The molecule has 0 spiro atoms. The summed E-state index contributed by atoms with van der Waals surface area (Å²) in [5.41, 5.74) is 0. The molecular weight excluding hydrogens is 258 g/mol. The molecule has 0 saturated heterocycles. The van der Waals surface area contributed by atoms with Gasteiger partial charge in [-0.3, -0.25) is 4.90 Å². The quantitative estimate of drug-likeness (QED) is 0.857. The molecule has 4 nitrogen and oxygen atoms in total. The van der Waals surface area contributed by atoms with E-state index < -0.39 is 0 Å². The van der Waals surface area contributed by atoms with Gasteiger partial charge in [-0.15, -0.1) is 11.3 Å². The third-order valence-corrected chi connectivity index (χ3v) is 4.66. The first kappa shape index (κ1) is 12.8. The Balaban J connectivity index is 1.63. The fraction of sp³-hybridized carbons (Fsp3) is 0.571. The van der Waals surface area contributed by atoms with Crippen molar-refractivity contribution in [1.82, 2.24) is 15.0 Å². The second kappa shape index (κ2) is 5.84. The number of nitrogens with zero attached hydrogens (tertiary/aromatic N) is 3. The molecule has 2 heterocycles. The maximum Gasteiger partial charge on any atom is 0.241 e. The Morgan fingerprint density at radius 3 is 2.95 bits per heavy atom. The van der Waals surface area contributed by atoms with Gasteiger partial charge < -0.3 is 4.52 Å². The summed E-state index contributed by atoms with van der Waals surface area (Å²) in [4.78, 5) is 7.90. The van der Waals surface area contributed by atoms with Crippen molar-refractivity contribution >= 4 is 11.3 Å². The summed E-state index contributed by atoms with van der Waals surface area (Å²) in [6.45, 7) is 0.753. The lowest BCUT2D eigenvalue weighted by Crippen LogP contribution is -2.32. The Bertz CT molecular complexity index is 503. The van der Waals surface area contributed by atoms with Crippen LogP contribution in [-0.4, -0.2) is 28.1 Å². The normalized spacial score (nSPS) is 17.2. The lowest BCUT2D eigenvalue weighted by atomic mass is 9.94. The number of thiophene rings is 1. The number of rotatable bonds is 4. The predicted octanol–water partition coefficient (Wildman–Crippen LogP) is 3.56. The summed E-state index contributed by atoms with van der Waals surface area (Å²) in [7, 11) is 2.16. The predicted molar refractivity (Wildman–Crippen MR) is 76.0 cm³/mol. The molecule has 0 atom stereocenters. The molecule has 0 bridgehead atoms. The molecule has 3 rings (SSSR count). The molecule has 0 unspecified atom stereocenters. The maximum atomic E-state index is 5.35. The van der Waals surface area contributed by atoms with Crippen molar-refractivity contribution in [3.8, 4) is 10.7 Å². The number of hydrogen-bond donors (Lipinski definition) is 0. The molecule has 102 valence electrons. The standard InChI is InChI=1S/C14H19N3OS/c1-17(11-6-3-2-4-7-11)10-13-15-14(16-18-13)12-8-5-9-19-12/h5,8-9,11H,2-4,6-7,10H2,1H3. The summed E-state index contributed by atoms with van der Waals surface area (Å²) in [6, 6.07) is 4.69. The molecule has 1 aliphatic rings. The maximum absolute atomic E-state index is 5.35. The largest absolute Gasteiger partial charge is 0.338 e. The first-order valence-electron chi connectivity index (χ1n) is 6.89. The SMILES string of the molecule is CN(Cc1nc(-c2cccs2)no1)C1CCCCC1. The van der Waals surface area contributed by atoms with Crippen LogP contribution in [0.3, 0.4) is 0 Å². The smallest absolute Gasteiger partial charge is 0.241 e. The van der Waals surface area contributed by atoms with Crippen LogP contribution in [0.15, 0.2) is 22.0 Å². The molecule has 0 amide bonds. The lowest BCUT2D eigenvalue weighted by molar-refractivity contribution is 0.165. The monoisotopic (exact) mass is 277 g/mol. The van der Waals surface area contributed by atoms with E-state index in [-0.39, 0.29) is 0 Å². The van der Waals surface area contributed by atoms with E-state index in [1.807, 2.05) is 17.5 Å². The summed E-state index contributed by atoms with van der Waals surface area (Å²) in [5, 5.41) is 6.08. The molecule has 2 aromatic heterocycles. The zero-order valence-corrected chi connectivity index (χ0v) is 12.0. The van der Waals surface area contributed by atoms with Crippen molar-refractivity contribution in [3.63, 3.8) is 0 Å². The Hall–Kier alpha value is -1.20. The summed E-state index contributed by atoms with van der Waals surface area (Å²) >= 11 is 1.64. The van der Waals surface area contributed by atoms with Gasteiger partial charge in [-0.05, 0) is 31.3 Å². The van der Waals surface area contributed by atoms with Gasteiger partial charge in [0.1, 0.15) is 0 Å². The van der Waals surface area contributed by atoms with Crippen LogP contribution in [0, 0.1) is 0 Å². The molecule has 0 radical (unpaired) electrons. The highest BCUT2D eigenvalue weighted by Gasteiger charge is 2.20. The van der Waals surface area contributed by atoms with Crippen molar-refractivity contribution in [2.45, 2.75) is 44.7 Å². The van der Waals surface area contributed by atoms with Gasteiger partial charge in [-0.2, -0.15) is 4.98 Å². The van der Waals surface area contributed by atoms with Gasteiger partial charge in [-0.1, -0.05) is 30.5 Å². The van der Waals surface area contributed by atoms with Crippen molar-refractivity contribution in [3.05, 3.63) is 23.4 Å². The van der Waals surface area contributed by atoms with Crippen LogP contribution in [0.2, 0.25) is 0 Å². The molecule has 0 aliphatic heterocycles. The minimum absolute atomic E-state index is 0.672. The Morgan fingerprint density at radius 1 is 1.37 bits per heavy atom. The fourth-order valence-electron chi connectivity index (χ4n) is 2.69. The fourth-order valence-corrected chi connectivity index (χ4v) is 3.34. The van der Waals surface area contributed by atoms with Gasteiger partial charge in [0, 0.05) is 6.04 Å². The van der Waals surface area contributed by atoms with E-state index in [2.05, 4.69) is 22.1 Å². The highest BCUT2D eigenvalue weighted by atomic mass is 32.1. The third kappa shape index (κ3) is 3.04. The van der Waals surface area contributed by atoms with Crippen LogP contribution >= 0.6 is 11.3 Å². The minimum atomic E-state index is 0.672. The molecular formula is C14H19N3OS. The van der Waals surface area contributed by atoms with Crippen LogP contribution in [0.25, 0.3) is 10.7 Å². The van der Waals surface area contributed by atoms with Crippen LogP contribution in [0.4, 0.5) is 0 Å². The van der Waals surface area contributed by atoms with Gasteiger partial charge in [0.05, 0.1) is 11.4 Å². The van der Waals surface area contributed by atoms with E-state index in [4.69, 9.17) is 4.52 Å². The zero-order chi connectivity index (χ0) is 13.1. The van der Waals surface area contributed by atoms with Gasteiger partial charge in [0.25, 0.3) is 0 Å². The van der Waals surface area contributed by atoms with Crippen molar-refractivity contribution in [2.75, 3.05) is 7.05 Å². The van der Waals surface area contributed by atoms with E-state index in [0.717, 1.165) is 17.3 Å². The molecule has 1 saturated carbocycles.